The van der Waals surface area contributed by atoms with Crippen molar-refractivity contribution in [2.24, 2.45) is 0 Å². The first kappa shape index (κ1) is 105. The molecule has 12 N–H and O–H groups in total. The first-order valence-electron chi connectivity index (χ1n) is 47.2. The van der Waals surface area contributed by atoms with E-state index in [4.69, 9.17) is 28.4 Å². The van der Waals surface area contributed by atoms with Gasteiger partial charge in [0.05, 0.1) is 38.6 Å². The van der Waals surface area contributed by atoms with Gasteiger partial charge in [0.25, 0.3) is 0 Å². The Labute approximate surface area is 693 Å². The van der Waals surface area contributed by atoms with Gasteiger partial charge in [0.2, 0.25) is 5.91 Å². The summed E-state index contributed by atoms with van der Waals surface area (Å²) in [6.07, 6.45) is 73.5. The maximum Gasteiger partial charge on any atom is 0.220 e. The lowest BCUT2D eigenvalue weighted by Crippen LogP contribution is -2.66. The molecule has 0 radical (unpaired) electrons. The van der Waals surface area contributed by atoms with Gasteiger partial charge in [0, 0.05) is 6.42 Å². The zero-order chi connectivity index (χ0) is 82.4. The standard InChI is InChI=1S/C95H173NO18/c1-3-5-7-9-11-13-15-17-19-21-23-25-27-29-31-33-34-35-36-37-38-39-40-41-42-43-44-45-47-49-51-53-55-57-59-61-63-65-67-69-71-73-83(101)96-78(79(100)72-70-68-66-64-62-60-58-56-54-52-50-48-46-32-30-28-26-24-22-20-18-16-14-12-10-8-6-4-2)77-109-93-89(107)86(104)91(81(75-98)111-93)114-95-90(108)87(105)92(82(76-99)112-95)113-94-88(106)85(103)84(102)80(74-97)110-94/h5,7,11,13,17,19,23,25,29,31,70,72,78-82,84-95,97-100,102-108H,3-4,6,8-10,12,14-16,18,20-22,24,26-28,30,32-69,71,73-77H2,1-2H3,(H,96,101)/b7-5-,13-11-,19-17-,25-23-,31-29-,72-70+. The van der Waals surface area contributed by atoms with Crippen LogP contribution in [0.4, 0.5) is 0 Å². The molecule has 1 amide bonds. The molecule has 3 aliphatic heterocycles. The van der Waals surface area contributed by atoms with Gasteiger partial charge in [0.1, 0.15) is 73.2 Å². The third kappa shape index (κ3) is 51.8. The molecule has 3 aliphatic rings. The second kappa shape index (κ2) is 74.1. The average Bonchev–Trinajstić information content (AvgIpc) is 0.782. The topological polar surface area (TPSA) is 307 Å². The van der Waals surface area contributed by atoms with E-state index < -0.39 is 124 Å². The summed E-state index contributed by atoms with van der Waals surface area (Å²) < 4.78 is 34.6. The van der Waals surface area contributed by atoms with Crippen LogP contribution in [0.1, 0.15) is 393 Å². The fraction of sp³-hybridized carbons (Fsp3) is 0.863. The maximum absolute atomic E-state index is 13.5. The van der Waals surface area contributed by atoms with Crippen LogP contribution < -0.4 is 5.32 Å². The van der Waals surface area contributed by atoms with E-state index in [9.17, 15) is 61.0 Å². The molecule has 114 heavy (non-hydrogen) atoms. The molecule has 0 aromatic rings. The van der Waals surface area contributed by atoms with Crippen LogP contribution in [0.2, 0.25) is 0 Å². The minimum absolute atomic E-state index is 0.246. The molecular formula is C95H173NO18. The molecule has 0 spiro atoms. The van der Waals surface area contributed by atoms with Gasteiger partial charge >= 0.3 is 0 Å². The zero-order valence-corrected chi connectivity index (χ0v) is 72.1. The Kier molecular flexibility index (Phi) is 68.5. The van der Waals surface area contributed by atoms with Gasteiger partial charge in [-0.3, -0.25) is 4.79 Å². The Morgan fingerprint density at radius 3 is 0.947 bits per heavy atom. The Morgan fingerprint density at radius 1 is 0.325 bits per heavy atom. The quantitative estimate of drug-likeness (QED) is 0.0199. The van der Waals surface area contributed by atoms with Crippen LogP contribution in [0.25, 0.3) is 0 Å². The van der Waals surface area contributed by atoms with Crippen molar-refractivity contribution >= 4 is 5.91 Å². The highest BCUT2D eigenvalue weighted by Crippen LogP contribution is 2.34. The van der Waals surface area contributed by atoms with Crippen LogP contribution >= 0.6 is 0 Å². The maximum atomic E-state index is 13.5. The fourth-order valence-electron chi connectivity index (χ4n) is 15.8. The molecule has 19 heteroatoms. The van der Waals surface area contributed by atoms with Crippen molar-refractivity contribution in [1.29, 1.82) is 0 Å². The summed E-state index contributed by atoms with van der Waals surface area (Å²) in [6, 6.07) is -0.975. The van der Waals surface area contributed by atoms with E-state index in [1.165, 1.54) is 289 Å². The number of rotatable bonds is 77. The van der Waals surface area contributed by atoms with Crippen molar-refractivity contribution in [3.05, 3.63) is 72.9 Å². The highest BCUT2D eigenvalue weighted by atomic mass is 16.8. The van der Waals surface area contributed by atoms with E-state index in [1.807, 2.05) is 6.08 Å². The zero-order valence-electron chi connectivity index (χ0n) is 72.1. The average molecular weight is 1620 g/mol. The summed E-state index contributed by atoms with van der Waals surface area (Å²) in [5.74, 6) is -0.268. The first-order valence-corrected chi connectivity index (χ1v) is 47.2. The van der Waals surface area contributed by atoms with Gasteiger partial charge in [-0.1, -0.05) is 395 Å². The third-order valence-electron chi connectivity index (χ3n) is 23.3. The number of hydrogen-bond donors (Lipinski definition) is 12. The van der Waals surface area contributed by atoms with Gasteiger partial charge in [-0.2, -0.15) is 0 Å². The van der Waals surface area contributed by atoms with Crippen molar-refractivity contribution in [2.45, 2.75) is 497 Å². The molecule has 17 unspecified atom stereocenters. The molecule has 3 fully saturated rings. The molecule has 3 heterocycles. The van der Waals surface area contributed by atoms with Gasteiger partial charge in [-0.05, 0) is 64.2 Å². The Morgan fingerprint density at radius 2 is 0.605 bits per heavy atom. The van der Waals surface area contributed by atoms with E-state index in [2.05, 4.69) is 79.9 Å². The van der Waals surface area contributed by atoms with Crippen molar-refractivity contribution in [3.8, 4) is 0 Å². The number of aliphatic hydroxyl groups is 11. The lowest BCUT2D eigenvalue weighted by atomic mass is 9.96. The summed E-state index contributed by atoms with van der Waals surface area (Å²) in [7, 11) is 0. The molecule has 19 nitrogen and oxygen atoms in total. The Bertz CT molecular complexity index is 2340. The van der Waals surface area contributed by atoms with E-state index >= 15 is 0 Å². The number of ether oxygens (including phenoxy) is 6. The van der Waals surface area contributed by atoms with E-state index in [-0.39, 0.29) is 18.9 Å². The number of aliphatic hydroxyl groups excluding tert-OH is 11. The van der Waals surface area contributed by atoms with Crippen molar-refractivity contribution in [3.63, 3.8) is 0 Å². The summed E-state index contributed by atoms with van der Waals surface area (Å²) >= 11 is 0. The number of nitrogens with one attached hydrogen (secondary N) is 1. The molecule has 0 aliphatic carbocycles. The molecule has 17 atom stereocenters. The van der Waals surface area contributed by atoms with Crippen LogP contribution in [0.15, 0.2) is 72.9 Å². The summed E-state index contributed by atoms with van der Waals surface area (Å²) in [4.78, 5) is 13.5. The molecule has 3 rings (SSSR count). The lowest BCUT2D eigenvalue weighted by Gasteiger charge is -2.48. The van der Waals surface area contributed by atoms with Crippen molar-refractivity contribution in [2.75, 3.05) is 26.4 Å². The predicted molar refractivity (Wildman–Crippen MR) is 462 cm³/mol. The highest BCUT2D eigenvalue weighted by Gasteiger charge is 2.54. The lowest BCUT2D eigenvalue weighted by molar-refractivity contribution is -0.379. The minimum Gasteiger partial charge on any atom is -0.394 e. The molecule has 0 saturated carbocycles. The largest absolute Gasteiger partial charge is 0.394 e. The number of carbonyl (C=O) groups excluding carboxylic acids is 1. The Balaban J connectivity index is 1.29. The van der Waals surface area contributed by atoms with Crippen LogP contribution in [0.5, 0.6) is 0 Å². The molecule has 666 valence electrons. The van der Waals surface area contributed by atoms with E-state index in [0.29, 0.717) is 6.42 Å². The van der Waals surface area contributed by atoms with Gasteiger partial charge < -0.3 is 89.9 Å². The number of unbranched alkanes of at least 4 members (excludes halogenated alkanes) is 51. The minimum atomic E-state index is -1.98. The SMILES string of the molecule is CC/C=C\C/C=C\C/C=C\C/C=C\C/C=C\CCCCCCCCCCCCCCCCCCCCCCCCCCCC(=O)NC(COC1OC(CO)C(OC2OC(CO)C(OC3OC(CO)C(O)C(O)C3O)C(O)C2O)C(O)C1O)C(O)/C=C/CCCCCCCCCCCCCCCCCCCCCCCCCCCC. The highest BCUT2D eigenvalue weighted by molar-refractivity contribution is 5.76. The van der Waals surface area contributed by atoms with Crippen molar-refractivity contribution in [1.82, 2.24) is 5.32 Å². The summed E-state index contributed by atoms with van der Waals surface area (Å²) in [5, 5.41) is 121. The second-order valence-corrected chi connectivity index (χ2v) is 33.5. The molecule has 0 aromatic carbocycles. The molecular weight excluding hydrogens is 1440 g/mol. The first-order chi connectivity index (χ1) is 55.8. The van der Waals surface area contributed by atoms with Gasteiger partial charge in [-0.15, -0.1) is 0 Å². The van der Waals surface area contributed by atoms with E-state index in [0.717, 1.165) is 77.0 Å². The molecule has 0 bridgehead atoms. The number of allylic oxidation sites excluding steroid dienone is 11. The fourth-order valence-corrected chi connectivity index (χ4v) is 15.8. The van der Waals surface area contributed by atoms with Crippen LogP contribution in [-0.2, 0) is 33.2 Å². The van der Waals surface area contributed by atoms with Crippen LogP contribution in [0, 0.1) is 0 Å². The summed E-state index contributed by atoms with van der Waals surface area (Å²) in [6.45, 7) is 1.69. The Hall–Kier alpha value is -2.77. The molecule has 0 aromatic heterocycles. The smallest absolute Gasteiger partial charge is 0.220 e. The number of carbonyl (C=O) groups is 1. The van der Waals surface area contributed by atoms with Gasteiger partial charge in [-0.25, -0.2) is 0 Å². The van der Waals surface area contributed by atoms with Gasteiger partial charge in [0.15, 0.2) is 18.9 Å². The second-order valence-electron chi connectivity index (χ2n) is 33.5. The van der Waals surface area contributed by atoms with Crippen LogP contribution in [-0.4, -0.2) is 193 Å². The predicted octanol–water partition coefficient (Wildman–Crippen LogP) is 18.7. The monoisotopic (exact) mass is 1620 g/mol. The van der Waals surface area contributed by atoms with Crippen LogP contribution in [0.3, 0.4) is 0 Å². The summed E-state index contributed by atoms with van der Waals surface area (Å²) in [5.41, 5.74) is 0. The third-order valence-corrected chi connectivity index (χ3v) is 23.3. The number of amides is 1. The molecule has 3 saturated heterocycles. The van der Waals surface area contributed by atoms with Crippen molar-refractivity contribution < 1.29 is 89.4 Å². The number of hydrogen-bond acceptors (Lipinski definition) is 18. The van der Waals surface area contributed by atoms with E-state index in [1.54, 1.807) is 6.08 Å². The normalized spacial score (nSPS) is 25.0.